The van der Waals surface area contributed by atoms with Crippen molar-refractivity contribution in [2.45, 2.75) is 51.5 Å². The van der Waals surface area contributed by atoms with Gasteiger partial charge in [-0.3, -0.25) is 4.79 Å². The summed E-state index contributed by atoms with van der Waals surface area (Å²) in [7, 11) is 0. The summed E-state index contributed by atoms with van der Waals surface area (Å²) < 4.78 is 0. The molecule has 0 aromatic rings. The zero-order valence-electron chi connectivity index (χ0n) is 9.04. The normalized spacial score (nSPS) is 23.6. The Morgan fingerprint density at radius 2 is 2.21 bits per heavy atom. The van der Waals surface area contributed by atoms with Crippen LogP contribution >= 0.6 is 0 Å². The van der Waals surface area contributed by atoms with E-state index in [-0.39, 0.29) is 0 Å². The van der Waals surface area contributed by atoms with Gasteiger partial charge in [-0.05, 0) is 45.7 Å². The third kappa shape index (κ3) is 4.09. The minimum absolute atomic E-state index is 0.322. The molecular formula is C11H21NO2. The fourth-order valence-corrected chi connectivity index (χ4v) is 2.08. The first-order valence-corrected chi connectivity index (χ1v) is 5.66. The van der Waals surface area contributed by atoms with Gasteiger partial charge >= 0.3 is 5.97 Å². The van der Waals surface area contributed by atoms with Crippen LogP contribution in [0.1, 0.15) is 45.4 Å². The molecule has 0 bridgehead atoms. The lowest BCUT2D eigenvalue weighted by Gasteiger charge is -2.33. The summed E-state index contributed by atoms with van der Waals surface area (Å²) >= 11 is 0. The van der Waals surface area contributed by atoms with Crippen LogP contribution < -0.4 is 0 Å². The van der Waals surface area contributed by atoms with Crippen molar-refractivity contribution in [3.8, 4) is 0 Å². The Morgan fingerprint density at radius 3 is 2.86 bits per heavy atom. The third-order valence-electron chi connectivity index (χ3n) is 3.03. The maximum atomic E-state index is 10.3. The van der Waals surface area contributed by atoms with E-state index in [1.54, 1.807) is 0 Å². The summed E-state index contributed by atoms with van der Waals surface area (Å²) in [5, 5.41) is 8.49. The number of aliphatic carboxylic acids is 1. The second kappa shape index (κ2) is 6.02. The van der Waals surface area contributed by atoms with Gasteiger partial charge in [0.1, 0.15) is 0 Å². The van der Waals surface area contributed by atoms with E-state index >= 15 is 0 Å². The zero-order valence-corrected chi connectivity index (χ0v) is 9.04. The minimum Gasteiger partial charge on any atom is -0.481 e. The molecule has 1 heterocycles. The quantitative estimate of drug-likeness (QED) is 0.689. The van der Waals surface area contributed by atoms with Crippen LogP contribution in [0.3, 0.4) is 0 Å². The van der Waals surface area contributed by atoms with Crippen LogP contribution in [0, 0.1) is 0 Å². The van der Waals surface area contributed by atoms with E-state index in [4.69, 9.17) is 5.11 Å². The molecule has 1 atom stereocenters. The molecule has 0 saturated carbocycles. The van der Waals surface area contributed by atoms with Gasteiger partial charge in [-0.1, -0.05) is 6.42 Å². The number of carboxylic acid groups (broad SMARTS) is 1. The molecule has 1 aliphatic heterocycles. The van der Waals surface area contributed by atoms with Gasteiger partial charge in [0.15, 0.2) is 0 Å². The molecule has 14 heavy (non-hydrogen) atoms. The van der Waals surface area contributed by atoms with Crippen molar-refractivity contribution in [2.24, 2.45) is 0 Å². The SMILES string of the molecule is CC1CCCCN1CCCCC(=O)O. The van der Waals surface area contributed by atoms with E-state index in [1.807, 2.05) is 0 Å². The van der Waals surface area contributed by atoms with Gasteiger partial charge in [0, 0.05) is 12.5 Å². The smallest absolute Gasteiger partial charge is 0.303 e. The molecule has 3 nitrogen and oxygen atoms in total. The fraction of sp³-hybridized carbons (Fsp3) is 0.909. The summed E-state index contributed by atoms with van der Waals surface area (Å²) in [6, 6.07) is 0.702. The number of unbranched alkanes of at least 4 members (excludes halogenated alkanes) is 1. The number of hydrogen-bond acceptors (Lipinski definition) is 2. The third-order valence-corrected chi connectivity index (χ3v) is 3.03. The van der Waals surface area contributed by atoms with Crippen LogP contribution in [-0.2, 0) is 4.79 Å². The highest BCUT2D eigenvalue weighted by Crippen LogP contribution is 2.16. The maximum Gasteiger partial charge on any atom is 0.303 e. The molecule has 0 amide bonds. The number of piperidine rings is 1. The minimum atomic E-state index is -0.670. The summed E-state index contributed by atoms with van der Waals surface area (Å²) in [6.45, 7) is 4.55. The first kappa shape index (κ1) is 11.5. The van der Waals surface area contributed by atoms with E-state index in [9.17, 15) is 4.79 Å². The fourth-order valence-electron chi connectivity index (χ4n) is 2.08. The van der Waals surface area contributed by atoms with Crippen molar-refractivity contribution in [2.75, 3.05) is 13.1 Å². The summed E-state index contributed by atoms with van der Waals surface area (Å²) in [5.74, 6) is -0.670. The Balaban J connectivity index is 2.07. The van der Waals surface area contributed by atoms with Crippen LogP contribution in [0.15, 0.2) is 0 Å². The zero-order chi connectivity index (χ0) is 10.4. The molecule has 0 aromatic carbocycles. The monoisotopic (exact) mass is 199 g/mol. The lowest BCUT2D eigenvalue weighted by atomic mass is 10.0. The Labute approximate surface area is 86.1 Å². The second-order valence-electron chi connectivity index (χ2n) is 4.23. The topological polar surface area (TPSA) is 40.5 Å². The number of carboxylic acids is 1. The number of nitrogens with zero attached hydrogens (tertiary/aromatic N) is 1. The molecule has 3 heteroatoms. The predicted molar refractivity (Wildman–Crippen MR) is 56.4 cm³/mol. The van der Waals surface area contributed by atoms with Crippen molar-refractivity contribution in [3.05, 3.63) is 0 Å². The molecule has 1 rings (SSSR count). The molecule has 0 radical (unpaired) electrons. The Hall–Kier alpha value is -0.570. The molecule has 0 aromatic heterocycles. The molecular weight excluding hydrogens is 178 g/mol. The molecule has 1 fully saturated rings. The van der Waals surface area contributed by atoms with Crippen LogP contribution in [0.2, 0.25) is 0 Å². The van der Waals surface area contributed by atoms with Crippen LogP contribution in [-0.4, -0.2) is 35.1 Å². The van der Waals surface area contributed by atoms with Crippen molar-refractivity contribution < 1.29 is 9.90 Å². The largest absolute Gasteiger partial charge is 0.481 e. The average molecular weight is 199 g/mol. The predicted octanol–water partition coefficient (Wildman–Crippen LogP) is 2.12. The number of carbonyl (C=O) groups is 1. The van der Waals surface area contributed by atoms with Crippen molar-refractivity contribution >= 4 is 5.97 Å². The summed E-state index contributed by atoms with van der Waals surface area (Å²) in [6.07, 6.45) is 6.13. The first-order valence-electron chi connectivity index (χ1n) is 5.66. The Morgan fingerprint density at radius 1 is 1.43 bits per heavy atom. The van der Waals surface area contributed by atoms with E-state index in [0.29, 0.717) is 12.5 Å². The van der Waals surface area contributed by atoms with E-state index in [0.717, 1.165) is 19.4 Å². The van der Waals surface area contributed by atoms with Gasteiger partial charge in [0.2, 0.25) is 0 Å². The first-order chi connectivity index (χ1) is 6.70. The lowest BCUT2D eigenvalue weighted by molar-refractivity contribution is -0.137. The molecule has 1 saturated heterocycles. The van der Waals surface area contributed by atoms with Crippen molar-refractivity contribution in [3.63, 3.8) is 0 Å². The van der Waals surface area contributed by atoms with Gasteiger partial charge in [-0.25, -0.2) is 0 Å². The Bertz CT molecular complexity index is 182. The lowest BCUT2D eigenvalue weighted by Crippen LogP contribution is -2.37. The number of likely N-dealkylation sites (tertiary alicyclic amines) is 1. The van der Waals surface area contributed by atoms with Crippen molar-refractivity contribution in [1.82, 2.24) is 4.90 Å². The van der Waals surface area contributed by atoms with E-state index < -0.39 is 5.97 Å². The highest BCUT2D eigenvalue weighted by atomic mass is 16.4. The summed E-state index contributed by atoms with van der Waals surface area (Å²) in [5.41, 5.74) is 0. The molecule has 82 valence electrons. The summed E-state index contributed by atoms with van der Waals surface area (Å²) in [4.78, 5) is 12.8. The number of rotatable bonds is 5. The van der Waals surface area contributed by atoms with E-state index in [1.165, 1.54) is 25.8 Å². The van der Waals surface area contributed by atoms with Gasteiger partial charge in [0.25, 0.3) is 0 Å². The molecule has 0 spiro atoms. The molecule has 1 unspecified atom stereocenters. The van der Waals surface area contributed by atoms with Crippen molar-refractivity contribution in [1.29, 1.82) is 0 Å². The standard InChI is InChI=1S/C11H21NO2/c1-10-6-2-4-8-12(10)9-5-3-7-11(13)14/h10H,2-9H2,1H3,(H,13,14). The average Bonchev–Trinajstić information content (AvgIpc) is 2.15. The van der Waals surface area contributed by atoms with Crippen LogP contribution in [0.4, 0.5) is 0 Å². The molecule has 0 aliphatic carbocycles. The molecule has 1 aliphatic rings. The highest BCUT2D eigenvalue weighted by Gasteiger charge is 2.16. The van der Waals surface area contributed by atoms with Crippen LogP contribution in [0.25, 0.3) is 0 Å². The van der Waals surface area contributed by atoms with E-state index in [2.05, 4.69) is 11.8 Å². The Kier molecular flexibility index (Phi) is 4.94. The maximum absolute atomic E-state index is 10.3. The van der Waals surface area contributed by atoms with Gasteiger partial charge in [0.05, 0.1) is 0 Å². The number of hydrogen-bond donors (Lipinski definition) is 1. The second-order valence-corrected chi connectivity index (χ2v) is 4.23. The van der Waals surface area contributed by atoms with Crippen LogP contribution in [0.5, 0.6) is 0 Å². The molecule has 1 N–H and O–H groups in total. The van der Waals surface area contributed by atoms with Gasteiger partial charge in [-0.2, -0.15) is 0 Å². The van der Waals surface area contributed by atoms with Gasteiger partial charge < -0.3 is 10.0 Å². The highest BCUT2D eigenvalue weighted by molar-refractivity contribution is 5.66. The van der Waals surface area contributed by atoms with Gasteiger partial charge in [-0.15, -0.1) is 0 Å².